The third kappa shape index (κ3) is 4.20. The molecule has 8 heteroatoms. The van der Waals surface area contributed by atoms with E-state index in [2.05, 4.69) is 5.32 Å². The van der Waals surface area contributed by atoms with Crippen molar-refractivity contribution in [2.24, 2.45) is 0 Å². The summed E-state index contributed by atoms with van der Waals surface area (Å²) >= 11 is 1.43. The monoisotopic (exact) mass is 369 g/mol. The van der Waals surface area contributed by atoms with E-state index in [0.29, 0.717) is 30.3 Å². The Morgan fingerprint density at radius 2 is 2.00 bits per heavy atom. The third-order valence-corrected chi connectivity index (χ3v) is 5.93. The van der Waals surface area contributed by atoms with E-state index in [1.54, 1.807) is 6.07 Å². The first-order chi connectivity index (χ1) is 12.0. The van der Waals surface area contributed by atoms with E-state index >= 15 is 0 Å². The highest BCUT2D eigenvalue weighted by Gasteiger charge is 2.42. The van der Waals surface area contributed by atoms with E-state index < -0.39 is 11.8 Å². The summed E-state index contributed by atoms with van der Waals surface area (Å²) in [6.45, 7) is 5.37. The summed E-state index contributed by atoms with van der Waals surface area (Å²) in [5, 5.41) is 3.46. The van der Waals surface area contributed by atoms with Crippen molar-refractivity contribution in [2.45, 2.75) is 32.0 Å². The van der Waals surface area contributed by atoms with Crippen molar-refractivity contribution in [1.82, 2.24) is 0 Å². The summed E-state index contributed by atoms with van der Waals surface area (Å²) < 4.78 is 16.2. The minimum atomic E-state index is -0.422. The molecule has 0 aliphatic carbocycles. The fourth-order valence-corrected chi connectivity index (χ4v) is 4.32. The Morgan fingerprint density at radius 3 is 2.60 bits per heavy atom. The van der Waals surface area contributed by atoms with Crippen LogP contribution in [0.3, 0.4) is 0 Å². The van der Waals surface area contributed by atoms with E-state index in [4.69, 9.17) is 14.2 Å². The normalized spacial score (nSPS) is 19.9. The highest BCUT2D eigenvalue weighted by Crippen LogP contribution is 2.29. The smallest absolute Gasteiger partial charge is 0.340 e. The van der Waals surface area contributed by atoms with Crippen LogP contribution in [0, 0.1) is 0 Å². The Balaban J connectivity index is 1.56. The number of rotatable bonds is 5. The highest BCUT2D eigenvalue weighted by atomic mass is 32.1. The van der Waals surface area contributed by atoms with E-state index in [9.17, 15) is 9.59 Å². The van der Waals surface area contributed by atoms with Gasteiger partial charge in [0.1, 0.15) is 5.00 Å². The van der Waals surface area contributed by atoms with Crippen molar-refractivity contribution >= 4 is 28.2 Å². The molecule has 7 nitrogen and oxygen atoms in total. The molecular formula is C17H25N2O5S+. The molecule has 0 unspecified atom stereocenters. The minimum absolute atomic E-state index is 0.0890. The van der Waals surface area contributed by atoms with Crippen LogP contribution in [0.2, 0.25) is 0 Å². The second-order valence-corrected chi connectivity index (χ2v) is 7.52. The molecule has 3 rings (SSSR count). The molecule has 2 fully saturated rings. The molecular weight excluding hydrogens is 344 g/mol. The number of carbonyl (C=O) groups excluding carboxylic acids is 2. The van der Waals surface area contributed by atoms with Crippen LogP contribution in [-0.4, -0.2) is 57.6 Å². The third-order valence-electron chi connectivity index (χ3n) is 4.73. The fourth-order valence-electron chi connectivity index (χ4n) is 3.32. The van der Waals surface area contributed by atoms with Crippen LogP contribution in [0.4, 0.5) is 5.00 Å². The topological polar surface area (TPSA) is 78.3 Å². The Kier molecular flexibility index (Phi) is 5.73. The van der Waals surface area contributed by atoms with Crippen molar-refractivity contribution in [3.8, 4) is 0 Å². The maximum absolute atomic E-state index is 12.4. The van der Waals surface area contributed by atoms with E-state index in [-0.39, 0.29) is 5.91 Å². The molecule has 2 saturated heterocycles. The van der Waals surface area contributed by atoms with Gasteiger partial charge in [0.15, 0.2) is 12.3 Å². The molecule has 0 radical (unpaired) electrons. The molecule has 2 aliphatic heterocycles. The summed E-state index contributed by atoms with van der Waals surface area (Å²) in [5.74, 6) is -0.926. The largest absolute Gasteiger partial charge is 0.465 e. The van der Waals surface area contributed by atoms with Crippen molar-refractivity contribution in [2.75, 3.05) is 45.3 Å². The van der Waals surface area contributed by atoms with Crippen LogP contribution >= 0.6 is 11.3 Å². The number of hydrogen-bond acceptors (Lipinski definition) is 6. The summed E-state index contributed by atoms with van der Waals surface area (Å²) in [5.41, 5.74) is 0.429. The van der Waals surface area contributed by atoms with Gasteiger partial charge < -0.3 is 24.4 Å². The van der Waals surface area contributed by atoms with Crippen molar-refractivity contribution in [1.29, 1.82) is 0 Å². The number of aryl methyl sites for hydroxylation is 1. The van der Waals surface area contributed by atoms with Crippen molar-refractivity contribution in [3.05, 3.63) is 16.5 Å². The van der Waals surface area contributed by atoms with Gasteiger partial charge in [0, 0.05) is 4.88 Å². The van der Waals surface area contributed by atoms with Crippen LogP contribution in [0.1, 0.15) is 35.0 Å². The predicted molar refractivity (Wildman–Crippen MR) is 93.1 cm³/mol. The molecule has 2 N–H and O–H groups in total. The van der Waals surface area contributed by atoms with Gasteiger partial charge in [-0.1, -0.05) is 6.92 Å². The number of methoxy groups -OCH3 is 1. The van der Waals surface area contributed by atoms with Gasteiger partial charge in [0.05, 0.1) is 51.8 Å². The van der Waals surface area contributed by atoms with Gasteiger partial charge in [-0.2, -0.15) is 0 Å². The average molecular weight is 369 g/mol. The minimum Gasteiger partial charge on any atom is -0.465 e. The maximum atomic E-state index is 12.4. The lowest BCUT2D eigenvalue weighted by molar-refractivity contribution is -0.900. The molecule has 1 spiro atoms. The Labute approximate surface area is 151 Å². The number of hydrogen-bond donors (Lipinski definition) is 2. The molecule has 0 saturated carbocycles. The number of anilines is 1. The van der Waals surface area contributed by atoms with E-state index in [1.165, 1.54) is 23.3 Å². The Bertz CT molecular complexity index is 629. The quantitative estimate of drug-likeness (QED) is 0.737. The van der Waals surface area contributed by atoms with Crippen molar-refractivity contribution in [3.63, 3.8) is 0 Å². The van der Waals surface area contributed by atoms with E-state index in [0.717, 1.165) is 37.2 Å². The molecule has 1 amide bonds. The second-order valence-electron chi connectivity index (χ2n) is 6.38. The second kappa shape index (κ2) is 7.82. The zero-order valence-electron chi connectivity index (χ0n) is 14.7. The average Bonchev–Trinajstić information content (AvgIpc) is 3.24. The molecule has 0 aromatic carbocycles. The summed E-state index contributed by atoms with van der Waals surface area (Å²) in [7, 11) is 1.35. The van der Waals surface area contributed by atoms with Crippen molar-refractivity contribution < 1.29 is 28.7 Å². The summed E-state index contributed by atoms with van der Waals surface area (Å²) in [4.78, 5) is 26.5. The van der Waals surface area contributed by atoms with Gasteiger partial charge in [0.25, 0.3) is 5.91 Å². The first-order valence-electron chi connectivity index (χ1n) is 8.67. The molecule has 2 aliphatic rings. The SMILES string of the molecule is CCc1cc(C(=O)OC)c(NC(=O)C[NH+]2CCC3(CC2)OCCO3)s1. The van der Waals surface area contributed by atoms with Gasteiger partial charge >= 0.3 is 5.97 Å². The number of likely N-dealkylation sites (tertiary alicyclic amines) is 1. The van der Waals surface area contributed by atoms with Crippen LogP contribution in [-0.2, 0) is 25.4 Å². The van der Waals surface area contributed by atoms with Crippen LogP contribution in [0.25, 0.3) is 0 Å². The number of amides is 1. The van der Waals surface area contributed by atoms with Crippen LogP contribution in [0.5, 0.6) is 0 Å². The van der Waals surface area contributed by atoms with Gasteiger partial charge in [-0.05, 0) is 12.5 Å². The molecule has 0 bridgehead atoms. The Morgan fingerprint density at radius 1 is 1.32 bits per heavy atom. The molecule has 25 heavy (non-hydrogen) atoms. The highest BCUT2D eigenvalue weighted by molar-refractivity contribution is 7.16. The zero-order valence-corrected chi connectivity index (χ0v) is 15.5. The van der Waals surface area contributed by atoms with Crippen LogP contribution in [0.15, 0.2) is 6.07 Å². The maximum Gasteiger partial charge on any atom is 0.340 e. The van der Waals surface area contributed by atoms with Crippen LogP contribution < -0.4 is 10.2 Å². The standard InChI is InChI=1S/C17H24N2O5S/c1-3-12-10-13(16(21)22-2)15(25-12)18-14(20)11-19-6-4-17(5-7-19)23-8-9-24-17/h10H,3-9,11H2,1-2H3,(H,18,20)/p+1. The lowest BCUT2D eigenvalue weighted by atomic mass is 10.0. The van der Waals surface area contributed by atoms with Gasteiger partial charge in [-0.15, -0.1) is 11.3 Å². The predicted octanol–water partition coefficient (Wildman–Crippen LogP) is 0.457. The Hall–Kier alpha value is -1.48. The number of piperidine rings is 1. The number of thiophene rings is 1. The lowest BCUT2D eigenvalue weighted by Gasteiger charge is -2.34. The fraction of sp³-hybridized carbons (Fsp3) is 0.647. The number of ether oxygens (including phenoxy) is 3. The molecule has 1 aromatic rings. The number of carbonyl (C=O) groups is 2. The first kappa shape index (κ1) is 18.3. The summed E-state index contributed by atoms with van der Waals surface area (Å²) in [6, 6.07) is 1.79. The molecule has 3 heterocycles. The van der Waals surface area contributed by atoms with Gasteiger partial charge in [-0.3, -0.25) is 4.79 Å². The molecule has 1 aromatic heterocycles. The molecule has 138 valence electrons. The lowest BCUT2D eigenvalue weighted by Crippen LogP contribution is -3.14. The molecule has 0 atom stereocenters. The number of quaternary nitrogens is 1. The summed E-state index contributed by atoms with van der Waals surface area (Å²) in [6.07, 6.45) is 2.42. The van der Waals surface area contributed by atoms with E-state index in [1.807, 2.05) is 6.92 Å². The van der Waals surface area contributed by atoms with Gasteiger partial charge in [0.2, 0.25) is 0 Å². The first-order valence-corrected chi connectivity index (χ1v) is 9.49. The number of nitrogens with one attached hydrogen (secondary N) is 2. The zero-order chi connectivity index (χ0) is 17.9. The van der Waals surface area contributed by atoms with Gasteiger partial charge in [-0.25, -0.2) is 4.79 Å². The number of esters is 1.